The van der Waals surface area contributed by atoms with E-state index in [-0.39, 0.29) is 11.3 Å². The molecule has 1 heterocycles. The fourth-order valence-electron chi connectivity index (χ4n) is 1.39. The molecule has 1 aromatic carbocycles. The van der Waals surface area contributed by atoms with Crippen LogP contribution in [0.3, 0.4) is 0 Å². The maximum atomic E-state index is 13.2. The molecule has 0 bridgehead atoms. The van der Waals surface area contributed by atoms with Crippen LogP contribution < -0.4 is 10.3 Å². The number of hydrogen-bond donors (Lipinski definition) is 1. The molecule has 0 amide bonds. The van der Waals surface area contributed by atoms with Crippen molar-refractivity contribution >= 4 is 10.9 Å². The van der Waals surface area contributed by atoms with Crippen LogP contribution in [0.25, 0.3) is 10.9 Å². The van der Waals surface area contributed by atoms with Crippen LogP contribution in [0, 0.1) is 5.82 Å². The summed E-state index contributed by atoms with van der Waals surface area (Å²) in [6.07, 6.45) is 0. The second-order valence-electron chi connectivity index (χ2n) is 2.86. The molecule has 3 nitrogen and oxygen atoms in total. The van der Waals surface area contributed by atoms with E-state index in [0.29, 0.717) is 10.9 Å². The van der Waals surface area contributed by atoms with E-state index in [1.165, 1.54) is 31.4 Å². The van der Waals surface area contributed by atoms with Crippen molar-refractivity contribution in [1.29, 1.82) is 0 Å². The van der Waals surface area contributed by atoms with Crippen LogP contribution in [0.5, 0.6) is 5.75 Å². The Morgan fingerprint density at radius 1 is 1.29 bits per heavy atom. The maximum absolute atomic E-state index is 13.2. The summed E-state index contributed by atoms with van der Waals surface area (Å²) in [4.78, 5) is 13.6. The molecular weight excluding hydrogens is 185 g/mol. The van der Waals surface area contributed by atoms with Gasteiger partial charge in [0, 0.05) is 11.5 Å². The zero-order valence-corrected chi connectivity index (χ0v) is 7.50. The van der Waals surface area contributed by atoms with E-state index >= 15 is 0 Å². The molecular formula is C10H8FNO2. The van der Waals surface area contributed by atoms with Crippen molar-refractivity contribution < 1.29 is 9.13 Å². The fraction of sp³-hybridized carbons (Fsp3) is 0.100. The Morgan fingerprint density at radius 2 is 2.07 bits per heavy atom. The van der Waals surface area contributed by atoms with E-state index in [9.17, 15) is 9.18 Å². The van der Waals surface area contributed by atoms with Crippen LogP contribution >= 0.6 is 0 Å². The molecule has 0 aliphatic heterocycles. The van der Waals surface area contributed by atoms with Gasteiger partial charge >= 0.3 is 0 Å². The van der Waals surface area contributed by atoms with E-state index in [1.54, 1.807) is 0 Å². The maximum Gasteiger partial charge on any atom is 0.248 e. The third-order valence-corrected chi connectivity index (χ3v) is 2.01. The quantitative estimate of drug-likeness (QED) is 0.748. The monoisotopic (exact) mass is 193 g/mol. The third kappa shape index (κ3) is 1.25. The Morgan fingerprint density at radius 3 is 2.79 bits per heavy atom. The fourth-order valence-corrected chi connectivity index (χ4v) is 1.39. The number of hydrogen-bond acceptors (Lipinski definition) is 2. The Hall–Kier alpha value is -1.84. The SMILES string of the molecule is COc1c(F)ccc2[nH]c(=O)ccc12. The second-order valence-corrected chi connectivity index (χ2v) is 2.86. The minimum Gasteiger partial charge on any atom is -0.493 e. The van der Waals surface area contributed by atoms with E-state index in [1.807, 2.05) is 0 Å². The molecule has 72 valence electrons. The van der Waals surface area contributed by atoms with Crippen molar-refractivity contribution in [1.82, 2.24) is 4.98 Å². The minimum absolute atomic E-state index is 0.152. The predicted octanol–water partition coefficient (Wildman–Crippen LogP) is 1.68. The normalized spacial score (nSPS) is 10.4. The molecule has 1 N–H and O–H groups in total. The molecule has 0 spiro atoms. The van der Waals surface area contributed by atoms with Gasteiger partial charge in [-0.05, 0) is 18.2 Å². The van der Waals surface area contributed by atoms with E-state index < -0.39 is 5.82 Å². The van der Waals surface area contributed by atoms with Gasteiger partial charge < -0.3 is 9.72 Å². The van der Waals surface area contributed by atoms with Crippen molar-refractivity contribution in [3.05, 3.63) is 40.4 Å². The van der Waals surface area contributed by atoms with Gasteiger partial charge in [-0.1, -0.05) is 0 Å². The zero-order chi connectivity index (χ0) is 10.1. The van der Waals surface area contributed by atoms with Gasteiger partial charge in [-0.15, -0.1) is 0 Å². The number of aromatic amines is 1. The zero-order valence-electron chi connectivity index (χ0n) is 7.50. The number of ether oxygens (including phenoxy) is 1. The first-order valence-corrected chi connectivity index (χ1v) is 4.08. The Bertz CT molecular complexity index is 533. The smallest absolute Gasteiger partial charge is 0.248 e. The molecule has 0 aliphatic carbocycles. The molecule has 0 atom stereocenters. The molecule has 0 fully saturated rings. The molecule has 2 rings (SSSR count). The van der Waals surface area contributed by atoms with Crippen molar-refractivity contribution in [3.63, 3.8) is 0 Å². The highest BCUT2D eigenvalue weighted by atomic mass is 19.1. The number of pyridine rings is 1. The summed E-state index contributed by atoms with van der Waals surface area (Å²) in [5.74, 6) is -0.286. The summed E-state index contributed by atoms with van der Waals surface area (Å²) in [6.45, 7) is 0. The van der Waals surface area contributed by atoms with Crippen LogP contribution in [0.4, 0.5) is 4.39 Å². The van der Waals surface area contributed by atoms with Gasteiger partial charge in [0.05, 0.1) is 12.6 Å². The Balaban J connectivity index is 2.88. The average molecular weight is 193 g/mol. The minimum atomic E-state index is -0.438. The highest BCUT2D eigenvalue weighted by Gasteiger charge is 2.07. The van der Waals surface area contributed by atoms with E-state index in [0.717, 1.165) is 0 Å². The van der Waals surface area contributed by atoms with Crippen molar-refractivity contribution in [2.45, 2.75) is 0 Å². The van der Waals surface area contributed by atoms with Crippen LogP contribution in [0.1, 0.15) is 0 Å². The topological polar surface area (TPSA) is 42.1 Å². The molecule has 0 saturated carbocycles. The van der Waals surface area contributed by atoms with Crippen LogP contribution in [-0.2, 0) is 0 Å². The number of H-pyrrole nitrogens is 1. The summed E-state index contributed by atoms with van der Waals surface area (Å²) in [7, 11) is 1.39. The number of aromatic nitrogens is 1. The number of nitrogens with one attached hydrogen (secondary N) is 1. The van der Waals surface area contributed by atoms with Crippen molar-refractivity contribution in [2.24, 2.45) is 0 Å². The molecule has 0 aliphatic rings. The summed E-state index contributed by atoms with van der Waals surface area (Å²) in [6, 6.07) is 5.64. The van der Waals surface area contributed by atoms with Gasteiger partial charge in [0.25, 0.3) is 0 Å². The molecule has 0 unspecified atom stereocenters. The predicted molar refractivity (Wildman–Crippen MR) is 51.1 cm³/mol. The number of methoxy groups -OCH3 is 1. The summed E-state index contributed by atoms with van der Waals surface area (Å²) < 4.78 is 18.1. The van der Waals surface area contributed by atoms with Crippen LogP contribution in [-0.4, -0.2) is 12.1 Å². The molecule has 1 aromatic heterocycles. The lowest BCUT2D eigenvalue weighted by Gasteiger charge is -2.05. The standard InChI is InChI=1S/C10H8FNO2/c1-14-10-6-2-5-9(13)12-8(6)4-3-7(10)11/h2-5H,1H3,(H,12,13). The summed E-state index contributed by atoms with van der Waals surface area (Å²) >= 11 is 0. The first-order chi connectivity index (χ1) is 6.72. The Kier molecular flexibility index (Phi) is 1.96. The van der Waals surface area contributed by atoms with Gasteiger partial charge in [-0.2, -0.15) is 0 Å². The molecule has 0 radical (unpaired) electrons. The highest BCUT2D eigenvalue weighted by Crippen LogP contribution is 2.26. The van der Waals surface area contributed by atoms with Gasteiger partial charge in [-0.3, -0.25) is 4.79 Å². The lowest BCUT2D eigenvalue weighted by Crippen LogP contribution is -2.03. The first kappa shape index (κ1) is 8.74. The van der Waals surface area contributed by atoms with Crippen molar-refractivity contribution in [2.75, 3.05) is 7.11 Å². The van der Waals surface area contributed by atoms with Crippen molar-refractivity contribution in [3.8, 4) is 5.75 Å². The van der Waals surface area contributed by atoms with E-state index in [4.69, 9.17) is 4.74 Å². The lowest BCUT2D eigenvalue weighted by atomic mass is 10.2. The molecule has 14 heavy (non-hydrogen) atoms. The van der Waals surface area contributed by atoms with Gasteiger partial charge in [0.1, 0.15) is 0 Å². The molecule has 0 saturated heterocycles. The van der Waals surface area contributed by atoms with Gasteiger partial charge in [0.15, 0.2) is 11.6 Å². The highest BCUT2D eigenvalue weighted by molar-refractivity contribution is 5.85. The third-order valence-electron chi connectivity index (χ3n) is 2.01. The molecule has 2 aromatic rings. The number of fused-ring (bicyclic) bond motifs is 1. The van der Waals surface area contributed by atoms with Gasteiger partial charge in [0.2, 0.25) is 5.56 Å². The number of rotatable bonds is 1. The second kappa shape index (κ2) is 3.14. The summed E-state index contributed by atoms with van der Waals surface area (Å²) in [5, 5.41) is 0.562. The Labute approximate surface area is 79.1 Å². The van der Waals surface area contributed by atoms with Crippen LogP contribution in [0.15, 0.2) is 29.1 Å². The number of halogens is 1. The van der Waals surface area contributed by atoms with Crippen LogP contribution in [0.2, 0.25) is 0 Å². The lowest BCUT2D eigenvalue weighted by molar-refractivity contribution is 0.392. The largest absolute Gasteiger partial charge is 0.493 e. The molecule has 4 heteroatoms. The summed E-state index contributed by atoms with van der Waals surface area (Å²) in [5.41, 5.74) is 0.349. The van der Waals surface area contributed by atoms with Gasteiger partial charge in [-0.25, -0.2) is 4.39 Å². The average Bonchev–Trinajstić information content (AvgIpc) is 2.18. The first-order valence-electron chi connectivity index (χ1n) is 4.08. The number of benzene rings is 1. The van der Waals surface area contributed by atoms with E-state index in [2.05, 4.69) is 4.98 Å².